The number of thioether (sulfide) groups is 1. The average molecular weight is 579 g/mol. The molecule has 0 amide bonds. The van der Waals surface area contributed by atoms with E-state index < -0.39 is 17.7 Å². The van der Waals surface area contributed by atoms with Gasteiger partial charge in [0.2, 0.25) is 0 Å². The number of halogens is 4. The number of carbonyl (C=O) groups excluding carboxylic acids is 1. The number of rotatable bonds is 8. The lowest BCUT2D eigenvalue weighted by atomic mass is 10.2. The number of alkyl halides is 3. The van der Waals surface area contributed by atoms with Crippen LogP contribution in [0, 0.1) is 6.92 Å². The van der Waals surface area contributed by atoms with Gasteiger partial charge in [0.15, 0.2) is 29.6 Å². The summed E-state index contributed by atoms with van der Waals surface area (Å²) in [6.07, 6.45) is -4.42. The lowest BCUT2D eigenvalue weighted by Gasteiger charge is -2.09. The Morgan fingerprint density at radius 3 is 2.44 bits per heavy atom. The number of hydrogen-bond donors (Lipinski definition) is 1. The van der Waals surface area contributed by atoms with Gasteiger partial charge in [-0.25, -0.2) is 4.79 Å². The van der Waals surface area contributed by atoms with Crippen molar-refractivity contribution in [3.8, 4) is 11.4 Å². The van der Waals surface area contributed by atoms with Crippen molar-refractivity contribution in [2.75, 3.05) is 6.61 Å². The van der Waals surface area contributed by atoms with Crippen LogP contribution in [-0.2, 0) is 26.4 Å². The Bertz CT molecular complexity index is 1090. The molecule has 1 heterocycles. The highest BCUT2D eigenvalue weighted by molar-refractivity contribution is 14.1. The summed E-state index contributed by atoms with van der Waals surface area (Å²) in [4.78, 5) is 13.3. The van der Waals surface area contributed by atoms with Crippen molar-refractivity contribution in [3.05, 3.63) is 65.0 Å². The van der Waals surface area contributed by atoms with Crippen molar-refractivity contribution in [2.24, 2.45) is 0 Å². The van der Waals surface area contributed by atoms with Gasteiger partial charge in [-0.05, 0) is 55.0 Å². The van der Waals surface area contributed by atoms with Crippen molar-refractivity contribution in [1.29, 1.82) is 0 Å². The first-order valence-corrected chi connectivity index (χ1v) is 11.0. The van der Waals surface area contributed by atoms with E-state index in [0.717, 1.165) is 22.6 Å². The van der Waals surface area contributed by atoms with Gasteiger partial charge in [0.05, 0.1) is 23.6 Å². The highest BCUT2D eigenvalue weighted by atomic mass is 127. The van der Waals surface area contributed by atoms with Gasteiger partial charge in [0, 0.05) is 10.6 Å². The number of benzene rings is 2. The first-order chi connectivity index (χ1) is 15.2. The highest BCUT2D eigenvalue weighted by Gasteiger charge is 2.30. The van der Waals surface area contributed by atoms with Gasteiger partial charge in [-0.15, -0.1) is 11.8 Å². The largest absolute Gasteiger partial charge is 0.482 e. The van der Waals surface area contributed by atoms with Crippen molar-refractivity contribution < 1.29 is 30.9 Å². The van der Waals surface area contributed by atoms with Gasteiger partial charge in [-0.1, -0.05) is 0 Å². The first kappa shape index (κ1) is 24.3. The zero-order chi connectivity index (χ0) is 23.3. The van der Waals surface area contributed by atoms with E-state index in [1.54, 1.807) is 6.07 Å². The molecule has 0 bridgehead atoms. The van der Waals surface area contributed by atoms with Gasteiger partial charge >= 0.3 is 12.1 Å². The molecule has 0 saturated carbocycles. The number of aromatic nitrogens is 3. The van der Waals surface area contributed by atoms with Gasteiger partial charge in [0.1, 0.15) is 11.4 Å². The zero-order valence-corrected chi connectivity index (χ0v) is 19.6. The predicted molar refractivity (Wildman–Crippen MR) is 119 cm³/mol. The maximum atomic E-state index is 12.8. The molecule has 32 heavy (non-hydrogen) atoms. The molecule has 3 aromatic rings. The fourth-order valence-electron chi connectivity index (χ4n) is 2.69. The van der Waals surface area contributed by atoms with Crippen molar-refractivity contribution in [2.45, 2.75) is 30.4 Å². The second kappa shape index (κ2) is 10.5. The molecule has 2 aromatic carbocycles. The molecule has 7 nitrogen and oxygen atoms in total. The Hall–Kier alpha value is -2.32. The molecular weight excluding hydrogens is 562 g/mol. The second-order valence-electron chi connectivity index (χ2n) is 6.54. The molecule has 12 heteroatoms. The number of ether oxygens (including phenoxy) is 1. The minimum Gasteiger partial charge on any atom is -0.482 e. The summed E-state index contributed by atoms with van der Waals surface area (Å²) in [5, 5.41) is 18.1. The minimum absolute atomic E-state index is 0.191. The number of aliphatic hydroxyl groups excluding tert-OH is 1. The number of carbonyl (C=O) groups is 1. The summed E-state index contributed by atoms with van der Waals surface area (Å²) in [6.45, 7) is 1.30. The Morgan fingerprint density at radius 1 is 1.16 bits per heavy atom. The lowest BCUT2D eigenvalue weighted by Crippen LogP contribution is -2.10. The second-order valence-corrected chi connectivity index (χ2v) is 8.03. The van der Waals surface area contributed by atoms with E-state index >= 15 is 0 Å². The standard InChI is InChI=1S/C20H17F3IN3O4S/c1-12-8-15(6-7-18(12)30-10-19(29)31-24)32-11-17-16(9-28)25-27(26-17)14-4-2-13(3-5-14)20(21,22)23/h2-8,28H,9-11H2,1H3. The molecule has 0 spiro atoms. The Balaban J connectivity index is 1.70. The molecule has 0 fully saturated rings. The van der Waals surface area contributed by atoms with Crippen molar-refractivity contribution in [3.63, 3.8) is 0 Å². The number of hydrogen-bond acceptors (Lipinski definition) is 7. The third-order valence-electron chi connectivity index (χ3n) is 4.29. The minimum atomic E-state index is -4.42. The molecule has 170 valence electrons. The van der Waals surface area contributed by atoms with E-state index in [0.29, 0.717) is 28.6 Å². The quantitative estimate of drug-likeness (QED) is 0.307. The Labute approximate surface area is 199 Å². The van der Waals surface area contributed by atoms with Crippen LogP contribution < -0.4 is 4.74 Å². The van der Waals surface area contributed by atoms with E-state index in [-0.39, 0.29) is 13.2 Å². The van der Waals surface area contributed by atoms with Crippen molar-refractivity contribution >= 4 is 40.7 Å². The van der Waals surface area contributed by atoms with Gasteiger partial charge < -0.3 is 12.9 Å². The Kier molecular flexibility index (Phi) is 8.00. The van der Waals surface area contributed by atoms with Crippen molar-refractivity contribution in [1.82, 2.24) is 15.0 Å². The van der Waals surface area contributed by atoms with Crippen LogP contribution in [0.1, 0.15) is 22.5 Å². The number of nitrogens with zero attached hydrogens (tertiary/aromatic N) is 3. The van der Waals surface area contributed by atoms with Gasteiger partial charge in [-0.3, -0.25) is 0 Å². The van der Waals surface area contributed by atoms with Crippen LogP contribution in [-0.4, -0.2) is 32.7 Å². The maximum absolute atomic E-state index is 12.8. The summed E-state index contributed by atoms with van der Waals surface area (Å²) in [7, 11) is 0. The third kappa shape index (κ3) is 6.13. The summed E-state index contributed by atoms with van der Waals surface area (Å²) in [6, 6.07) is 9.91. The van der Waals surface area contributed by atoms with E-state index in [1.165, 1.54) is 51.7 Å². The average Bonchev–Trinajstić information content (AvgIpc) is 3.19. The van der Waals surface area contributed by atoms with E-state index in [4.69, 9.17) is 4.74 Å². The van der Waals surface area contributed by atoms with Crippen LogP contribution in [0.15, 0.2) is 47.4 Å². The molecule has 0 radical (unpaired) electrons. The van der Waals surface area contributed by atoms with Crippen LogP contribution in [0.4, 0.5) is 13.2 Å². The van der Waals surface area contributed by atoms with Crippen LogP contribution in [0.25, 0.3) is 5.69 Å². The van der Waals surface area contributed by atoms with Gasteiger partial charge in [0.25, 0.3) is 0 Å². The van der Waals surface area contributed by atoms with E-state index in [2.05, 4.69) is 13.3 Å². The fraction of sp³-hybridized carbons (Fsp3) is 0.250. The summed E-state index contributed by atoms with van der Waals surface area (Å²) in [5.41, 5.74) is 1.27. The number of aliphatic hydroxyl groups is 1. The molecular formula is C20H17F3IN3O4S. The molecule has 0 unspecified atom stereocenters. The fourth-order valence-corrected chi connectivity index (χ4v) is 3.76. The van der Waals surface area contributed by atoms with Crippen LogP contribution >= 0.6 is 34.8 Å². The van der Waals surface area contributed by atoms with Crippen LogP contribution in [0.5, 0.6) is 5.75 Å². The van der Waals surface area contributed by atoms with E-state index in [1.807, 2.05) is 19.1 Å². The molecule has 0 saturated heterocycles. The summed E-state index contributed by atoms with van der Waals surface area (Å²) in [5.74, 6) is 0.453. The Morgan fingerprint density at radius 2 is 1.84 bits per heavy atom. The lowest BCUT2D eigenvalue weighted by molar-refractivity contribution is -0.137. The summed E-state index contributed by atoms with van der Waals surface area (Å²) < 4.78 is 48.2. The highest BCUT2D eigenvalue weighted by Crippen LogP contribution is 2.30. The van der Waals surface area contributed by atoms with Crippen LogP contribution in [0.2, 0.25) is 0 Å². The normalized spacial score (nSPS) is 11.4. The molecule has 0 aliphatic carbocycles. The smallest absolute Gasteiger partial charge is 0.416 e. The van der Waals surface area contributed by atoms with Crippen LogP contribution in [0.3, 0.4) is 0 Å². The molecule has 3 rings (SSSR count). The SMILES string of the molecule is Cc1cc(SCc2nn(-c3ccc(C(F)(F)F)cc3)nc2CO)ccc1OCC(=O)OI. The molecule has 0 aliphatic rings. The molecule has 0 aliphatic heterocycles. The maximum Gasteiger partial charge on any atom is 0.416 e. The number of aryl methyl sites for hydroxylation is 1. The zero-order valence-electron chi connectivity index (χ0n) is 16.6. The monoisotopic (exact) mass is 579 g/mol. The summed E-state index contributed by atoms with van der Waals surface area (Å²) >= 11 is 2.94. The predicted octanol–water partition coefficient (Wildman–Crippen LogP) is 4.65. The molecule has 1 N–H and O–H groups in total. The topological polar surface area (TPSA) is 86.5 Å². The third-order valence-corrected chi connectivity index (χ3v) is 5.79. The molecule has 0 atom stereocenters. The molecule has 1 aromatic heterocycles. The van der Waals surface area contributed by atoms with E-state index in [9.17, 15) is 23.1 Å². The first-order valence-electron chi connectivity index (χ1n) is 9.12. The van der Waals surface area contributed by atoms with Gasteiger partial charge in [-0.2, -0.15) is 28.2 Å².